The number of likely N-dealkylation sites (N-methyl/N-ethyl adjacent to an activating group) is 1. The van der Waals surface area contributed by atoms with Crippen molar-refractivity contribution >= 4 is 46.7 Å². The van der Waals surface area contributed by atoms with E-state index >= 15 is 0 Å². The molecule has 426 valence electrons. The lowest BCUT2D eigenvalue weighted by molar-refractivity contribution is -0.123. The first-order valence-corrected chi connectivity index (χ1v) is 28.6. The standard InChI is InChI=1S/C58H92N12O7/c1-6-8-10-18-48(72)25-37-67(40-28-54(75)61-31-9-7-2)42-34-63-56(77)29-41-68(38-26-50(74)20-16-35-66(36-24-49(73)19-15-30-59-4)39-27-55(76)62-33-32-60-5)43-44-70-58-51-21-12-11-17-47(51)45-69(46(3)71)53-23-14-13-22-52(53)57(58)64-65-70/h11-14,17,21-23,59-60H,6-10,15-16,18-20,24-45H2,1-5H3,(H,61,75)(H,62,76)(H,63,77). The predicted octanol–water partition coefficient (Wildman–Crippen LogP) is 5.16. The molecule has 0 fully saturated rings. The zero-order chi connectivity index (χ0) is 55.6. The molecule has 0 radical (unpaired) electrons. The van der Waals surface area contributed by atoms with Gasteiger partial charge in [-0.25, -0.2) is 4.68 Å². The minimum atomic E-state index is -0.142. The van der Waals surface area contributed by atoms with E-state index < -0.39 is 0 Å². The number of carbonyl (C=O) groups is 7. The van der Waals surface area contributed by atoms with Crippen molar-refractivity contribution in [2.24, 2.45) is 0 Å². The molecular formula is C58H92N12O7. The summed E-state index contributed by atoms with van der Waals surface area (Å²) < 4.78 is 1.89. The van der Waals surface area contributed by atoms with Crippen molar-refractivity contribution in [1.29, 1.82) is 0 Å². The zero-order valence-electron chi connectivity index (χ0n) is 47.2. The number of nitrogens with one attached hydrogen (secondary N) is 5. The monoisotopic (exact) mass is 1070 g/mol. The summed E-state index contributed by atoms with van der Waals surface area (Å²) in [7, 11) is 3.70. The fourth-order valence-electron chi connectivity index (χ4n) is 9.38. The number of hydrogen-bond acceptors (Lipinski definition) is 14. The Morgan fingerprint density at radius 1 is 0.506 bits per heavy atom. The predicted molar refractivity (Wildman–Crippen MR) is 304 cm³/mol. The van der Waals surface area contributed by atoms with E-state index in [9.17, 15) is 33.6 Å². The minimum absolute atomic E-state index is 0.0231. The lowest BCUT2D eigenvalue weighted by atomic mass is 9.95. The Morgan fingerprint density at radius 2 is 1.03 bits per heavy atom. The van der Waals surface area contributed by atoms with Gasteiger partial charge < -0.3 is 46.2 Å². The van der Waals surface area contributed by atoms with Gasteiger partial charge in [-0.2, -0.15) is 0 Å². The topological polar surface area (TPSA) is 223 Å². The van der Waals surface area contributed by atoms with Gasteiger partial charge in [0.05, 0.1) is 24.5 Å². The van der Waals surface area contributed by atoms with Crippen LogP contribution in [0.5, 0.6) is 0 Å². The van der Waals surface area contributed by atoms with Crippen LogP contribution in [0, 0.1) is 0 Å². The van der Waals surface area contributed by atoms with E-state index in [1.165, 1.54) is 0 Å². The number of amides is 4. The van der Waals surface area contributed by atoms with Crippen LogP contribution in [0.4, 0.5) is 5.69 Å². The zero-order valence-corrected chi connectivity index (χ0v) is 47.2. The summed E-state index contributed by atoms with van der Waals surface area (Å²) in [6, 6.07) is 15.7. The second-order valence-corrected chi connectivity index (χ2v) is 20.2. The van der Waals surface area contributed by atoms with Gasteiger partial charge in [0.15, 0.2) is 0 Å². The van der Waals surface area contributed by atoms with Crippen LogP contribution in [0.1, 0.15) is 129 Å². The number of fused-ring (bicyclic) bond motifs is 5. The highest BCUT2D eigenvalue weighted by atomic mass is 16.2. The molecule has 4 rings (SSSR count). The molecule has 19 heteroatoms. The summed E-state index contributed by atoms with van der Waals surface area (Å²) in [5.41, 5.74) is 4.92. The fourth-order valence-corrected chi connectivity index (χ4v) is 9.38. The van der Waals surface area contributed by atoms with Gasteiger partial charge in [0.25, 0.3) is 0 Å². The lowest BCUT2D eigenvalue weighted by Crippen LogP contribution is -2.39. The highest BCUT2D eigenvalue weighted by Crippen LogP contribution is 2.41. The molecule has 0 atom stereocenters. The molecule has 0 bridgehead atoms. The van der Waals surface area contributed by atoms with E-state index in [2.05, 4.69) is 60.3 Å². The first kappa shape index (κ1) is 63.8. The van der Waals surface area contributed by atoms with Crippen LogP contribution in [0.25, 0.3) is 22.5 Å². The maximum absolute atomic E-state index is 13.7. The van der Waals surface area contributed by atoms with Crippen LogP contribution in [-0.4, -0.2) is 176 Å². The molecule has 19 nitrogen and oxygen atoms in total. The lowest BCUT2D eigenvalue weighted by Gasteiger charge is -2.28. The molecule has 1 aliphatic heterocycles. The number of aromatic nitrogens is 3. The Balaban J connectivity index is 1.46. The summed E-state index contributed by atoms with van der Waals surface area (Å²) in [5, 5.41) is 24.5. The fraction of sp³-hybridized carbons (Fsp3) is 0.638. The maximum Gasteiger partial charge on any atom is 0.224 e. The average molecular weight is 1070 g/mol. The molecule has 5 N–H and O–H groups in total. The number of unbranched alkanes of at least 4 members (excludes halogenated alkanes) is 3. The third-order valence-corrected chi connectivity index (χ3v) is 14.1. The smallest absolute Gasteiger partial charge is 0.224 e. The second kappa shape index (κ2) is 37.1. The number of nitrogens with zero attached hydrogens (tertiary/aromatic N) is 7. The number of ketones is 3. The molecule has 0 saturated carbocycles. The molecule has 1 aromatic heterocycles. The maximum atomic E-state index is 13.7. The first-order chi connectivity index (χ1) is 37.4. The number of anilines is 1. The SMILES string of the molecule is CCCCCC(=O)CCN(CCNC(=O)CCN(CCC(=O)CCCN(CCC(=O)CCCNC)CCC(=O)NCCNC)CCn1nnc2c1-c1ccccc1CN(C(C)=O)c1ccccc1-2)CCC(=O)NCCCC. The van der Waals surface area contributed by atoms with Gasteiger partial charge in [-0.05, 0) is 64.5 Å². The Morgan fingerprint density at radius 3 is 1.64 bits per heavy atom. The van der Waals surface area contributed by atoms with Gasteiger partial charge in [0.2, 0.25) is 23.6 Å². The Kier molecular flexibility index (Phi) is 30.8. The third-order valence-electron chi connectivity index (χ3n) is 14.1. The summed E-state index contributed by atoms with van der Waals surface area (Å²) in [6.07, 6.45) is 9.44. The number of hydrogen-bond donors (Lipinski definition) is 5. The Labute approximate surface area is 458 Å². The van der Waals surface area contributed by atoms with E-state index in [1.54, 1.807) is 11.8 Å². The molecular weight excluding hydrogens is 977 g/mol. The number of benzene rings is 2. The highest BCUT2D eigenvalue weighted by Gasteiger charge is 2.28. The molecule has 0 saturated heterocycles. The van der Waals surface area contributed by atoms with Crippen LogP contribution in [-0.2, 0) is 46.7 Å². The second-order valence-electron chi connectivity index (χ2n) is 20.2. The van der Waals surface area contributed by atoms with Crippen molar-refractivity contribution in [3.8, 4) is 22.5 Å². The third kappa shape index (κ3) is 24.2. The highest BCUT2D eigenvalue weighted by molar-refractivity contribution is 5.99. The number of carbonyl (C=O) groups excluding carboxylic acids is 7. The van der Waals surface area contributed by atoms with Crippen LogP contribution in [0.2, 0.25) is 0 Å². The average Bonchev–Trinajstić information content (AvgIpc) is 3.87. The largest absolute Gasteiger partial charge is 0.356 e. The van der Waals surface area contributed by atoms with Crippen LogP contribution in [0.3, 0.4) is 0 Å². The first-order valence-electron chi connectivity index (χ1n) is 28.6. The van der Waals surface area contributed by atoms with Crippen molar-refractivity contribution in [1.82, 2.24) is 56.3 Å². The molecule has 0 spiro atoms. The number of para-hydroxylation sites is 1. The van der Waals surface area contributed by atoms with Crippen molar-refractivity contribution in [2.75, 3.05) is 111 Å². The molecule has 3 aromatic rings. The van der Waals surface area contributed by atoms with Crippen molar-refractivity contribution in [3.05, 3.63) is 54.1 Å². The molecule has 0 aliphatic carbocycles. The van der Waals surface area contributed by atoms with Crippen LogP contribution in [0.15, 0.2) is 48.5 Å². The minimum Gasteiger partial charge on any atom is -0.356 e. The molecule has 2 aromatic carbocycles. The van der Waals surface area contributed by atoms with Gasteiger partial charge in [-0.3, -0.25) is 33.6 Å². The van der Waals surface area contributed by atoms with Crippen molar-refractivity contribution < 1.29 is 33.6 Å². The van der Waals surface area contributed by atoms with E-state index in [1.807, 2.05) is 67.3 Å². The summed E-state index contributed by atoms with van der Waals surface area (Å²) in [6.45, 7) is 13.9. The van der Waals surface area contributed by atoms with Gasteiger partial charge in [0.1, 0.15) is 23.0 Å². The van der Waals surface area contributed by atoms with Crippen LogP contribution < -0.4 is 31.5 Å². The van der Waals surface area contributed by atoms with E-state index in [0.29, 0.717) is 155 Å². The van der Waals surface area contributed by atoms with Gasteiger partial charge >= 0.3 is 0 Å². The van der Waals surface area contributed by atoms with Gasteiger partial charge in [0, 0.05) is 154 Å². The van der Waals surface area contributed by atoms with Crippen molar-refractivity contribution in [2.45, 2.75) is 137 Å². The Bertz CT molecular complexity index is 2160. The molecule has 1 aliphatic rings. The molecule has 2 heterocycles. The number of Topliss-reactive ketones (excluding diaryl/α,β-unsaturated/α-hetero) is 3. The van der Waals surface area contributed by atoms with Gasteiger partial charge in [-0.1, -0.05) is 80.8 Å². The van der Waals surface area contributed by atoms with E-state index in [-0.39, 0.29) is 53.8 Å². The Hall–Kier alpha value is -5.73. The molecule has 4 amide bonds. The summed E-state index contributed by atoms with van der Waals surface area (Å²) >= 11 is 0. The van der Waals surface area contributed by atoms with E-state index in [4.69, 9.17) is 5.10 Å². The summed E-state index contributed by atoms with van der Waals surface area (Å²) in [4.78, 5) is 99.0. The van der Waals surface area contributed by atoms with Gasteiger partial charge in [-0.15, -0.1) is 5.10 Å². The molecule has 77 heavy (non-hydrogen) atoms. The normalized spacial score (nSPS) is 12.0. The van der Waals surface area contributed by atoms with E-state index in [0.717, 1.165) is 73.1 Å². The molecule has 0 unspecified atom stereocenters. The van der Waals surface area contributed by atoms with Crippen molar-refractivity contribution in [3.63, 3.8) is 0 Å². The number of rotatable bonds is 42. The van der Waals surface area contributed by atoms with Crippen LogP contribution >= 0.6 is 0 Å². The summed E-state index contributed by atoms with van der Waals surface area (Å²) in [5.74, 6) is 0.180. The quantitative estimate of drug-likeness (QED) is 0.0463.